The number of rotatable bonds is 1. The Bertz CT molecular complexity index is 240. The van der Waals surface area contributed by atoms with Crippen molar-refractivity contribution in [2.45, 2.75) is 33.2 Å². The molecule has 2 nitrogen and oxygen atoms in total. The van der Waals surface area contributed by atoms with Crippen LogP contribution in [0.1, 0.15) is 27.7 Å². The second kappa shape index (κ2) is 3.16. The maximum atomic E-state index is 9.22. The summed E-state index contributed by atoms with van der Waals surface area (Å²) in [7, 11) is -2.19. The van der Waals surface area contributed by atoms with Crippen LogP contribution in [0.4, 0.5) is 0 Å². The van der Waals surface area contributed by atoms with Crippen LogP contribution in [-0.4, -0.2) is 18.9 Å². The van der Waals surface area contributed by atoms with Gasteiger partial charge in [0, 0.05) is 5.54 Å². The van der Waals surface area contributed by atoms with E-state index in [0.29, 0.717) is 0 Å². The molecule has 1 aliphatic carbocycles. The van der Waals surface area contributed by atoms with Crippen LogP contribution in [0.2, 0.25) is 5.54 Å². The molecule has 1 rings (SSSR count). The highest BCUT2D eigenvalue weighted by Gasteiger charge is 2.32. The van der Waals surface area contributed by atoms with Gasteiger partial charge < -0.3 is 9.59 Å². The molecule has 12 heavy (non-hydrogen) atoms. The molecule has 0 saturated carbocycles. The minimum absolute atomic E-state index is 0.0741. The molecule has 0 aromatic carbocycles. The average molecular weight is 183 g/mol. The molecule has 0 unspecified atom stereocenters. The monoisotopic (exact) mass is 183 g/mol. The van der Waals surface area contributed by atoms with Crippen molar-refractivity contribution in [3.05, 3.63) is 22.3 Å². The van der Waals surface area contributed by atoms with Crippen molar-refractivity contribution in [1.82, 2.24) is 0 Å². The summed E-state index contributed by atoms with van der Waals surface area (Å²) in [5.74, 6) is 0. The van der Waals surface area contributed by atoms with E-state index in [9.17, 15) is 9.59 Å². The van der Waals surface area contributed by atoms with Crippen LogP contribution in [0.5, 0.6) is 0 Å². The van der Waals surface area contributed by atoms with E-state index in [-0.39, 0.29) is 5.54 Å². The molecular formula is C9H15O2Si. The van der Waals surface area contributed by atoms with Crippen molar-refractivity contribution in [2.24, 2.45) is 0 Å². The summed E-state index contributed by atoms with van der Waals surface area (Å²) in [4.78, 5) is 18.4. The molecular weight excluding hydrogens is 168 g/mol. The lowest BCUT2D eigenvalue weighted by Gasteiger charge is -2.13. The van der Waals surface area contributed by atoms with Crippen molar-refractivity contribution in [3.8, 4) is 0 Å². The van der Waals surface area contributed by atoms with Crippen LogP contribution < -0.4 is 0 Å². The summed E-state index contributed by atoms with van der Waals surface area (Å²) in [6.07, 6.45) is 0. The van der Waals surface area contributed by atoms with Crippen LogP contribution >= 0.6 is 0 Å². The third-order valence-electron chi connectivity index (χ3n) is 2.87. The van der Waals surface area contributed by atoms with Crippen LogP contribution in [-0.2, 0) is 0 Å². The first-order valence-electron chi connectivity index (χ1n) is 4.06. The van der Waals surface area contributed by atoms with Gasteiger partial charge in [-0.05, 0) is 38.8 Å². The maximum Gasteiger partial charge on any atom is 0.391 e. The molecule has 0 aromatic rings. The van der Waals surface area contributed by atoms with E-state index in [1.807, 2.05) is 27.7 Å². The molecule has 0 atom stereocenters. The van der Waals surface area contributed by atoms with Gasteiger partial charge in [0.05, 0.1) is 0 Å². The highest BCUT2D eigenvalue weighted by Crippen LogP contribution is 2.41. The molecule has 3 heteroatoms. The topological polar surface area (TPSA) is 40.5 Å². The molecule has 0 spiro atoms. The fourth-order valence-electron chi connectivity index (χ4n) is 1.74. The zero-order chi connectivity index (χ0) is 9.46. The first-order valence-corrected chi connectivity index (χ1v) is 5.54. The summed E-state index contributed by atoms with van der Waals surface area (Å²) in [5.41, 5.74) is 4.63. The SMILES string of the molecule is CC1=C(C)C([Si](O)O)C(C)=C1C. The van der Waals surface area contributed by atoms with Crippen molar-refractivity contribution in [2.75, 3.05) is 0 Å². The largest absolute Gasteiger partial charge is 0.409 e. The lowest BCUT2D eigenvalue weighted by molar-refractivity contribution is 0.399. The molecule has 0 bridgehead atoms. The molecule has 0 heterocycles. The van der Waals surface area contributed by atoms with Crippen molar-refractivity contribution >= 4 is 9.28 Å². The van der Waals surface area contributed by atoms with Gasteiger partial charge in [0.1, 0.15) is 0 Å². The smallest absolute Gasteiger partial charge is 0.391 e. The lowest BCUT2D eigenvalue weighted by atomic mass is 10.1. The summed E-state index contributed by atoms with van der Waals surface area (Å²) in [6.45, 7) is 8.05. The quantitative estimate of drug-likeness (QED) is 0.605. The van der Waals surface area contributed by atoms with Crippen LogP contribution in [0.25, 0.3) is 0 Å². The van der Waals surface area contributed by atoms with Gasteiger partial charge >= 0.3 is 9.28 Å². The molecule has 0 saturated heterocycles. The number of hydrogen-bond donors (Lipinski definition) is 2. The van der Waals surface area contributed by atoms with E-state index in [1.165, 1.54) is 11.1 Å². The molecule has 0 amide bonds. The molecule has 67 valence electrons. The number of allylic oxidation sites excluding steroid dienone is 4. The summed E-state index contributed by atoms with van der Waals surface area (Å²) < 4.78 is 0. The normalized spacial score (nSPS) is 20.2. The summed E-state index contributed by atoms with van der Waals surface area (Å²) >= 11 is 0. The predicted octanol–water partition coefficient (Wildman–Crippen LogP) is 1.52. The Kier molecular flexibility index (Phi) is 2.56. The van der Waals surface area contributed by atoms with E-state index >= 15 is 0 Å². The van der Waals surface area contributed by atoms with Gasteiger partial charge in [-0.3, -0.25) is 0 Å². The zero-order valence-corrected chi connectivity index (χ0v) is 8.97. The van der Waals surface area contributed by atoms with Gasteiger partial charge in [0.25, 0.3) is 0 Å². The Balaban J connectivity index is 3.08. The van der Waals surface area contributed by atoms with Gasteiger partial charge in [0.15, 0.2) is 0 Å². The van der Waals surface area contributed by atoms with Gasteiger partial charge in [-0.1, -0.05) is 11.1 Å². The van der Waals surface area contributed by atoms with Gasteiger partial charge in [-0.2, -0.15) is 0 Å². The molecule has 1 radical (unpaired) electrons. The summed E-state index contributed by atoms with van der Waals surface area (Å²) in [6, 6.07) is 0. The minimum atomic E-state index is -2.19. The first-order chi connectivity index (χ1) is 5.46. The minimum Gasteiger partial charge on any atom is -0.409 e. The summed E-state index contributed by atoms with van der Waals surface area (Å²) in [5, 5.41) is 0. The highest BCUT2D eigenvalue weighted by atomic mass is 28.3. The third-order valence-corrected chi connectivity index (χ3v) is 4.25. The fourth-order valence-corrected chi connectivity index (χ4v) is 2.94. The Labute approximate surface area is 75.1 Å². The van der Waals surface area contributed by atoms with Crippen LogP contribution in [0.15, 0.2) is 22.3 Å². The molecule has 0 aliphatic heterocycles. The second-order valence-corrected chi connectivity index (χ2v) is 4.70. The Morgan fingerprint density at radius 3 is 1.42 bits per heavy atom. The second-order valence-electron chi connectivity index (χ2n) is 3.41. The van der Waals surface area contributed by atoms with E-state index in [4.69, 9.17) is 0 Å². The Morgan fingerprint density at radius 2 is 1.25 bits per heavy atom. The first kappa shape index (κ1) is 9.70. The highest BCUT2D eigenvalue weighted by molar-refractivity contribution is 6.45. The predicted molar refractivity (Wildman–Crippen MR) is 50.7 cm³/mol. The Hall–Kier alpha value is -0.383. The Morgan fingerprint density at radius 1 is 0.917 bits per heavy atom. The molecule has 1 aliphatic rings. The maximum absolute atomic E-state index is 9.22. The van der Waals surface area contributed by atoms with Crippen LogP contribution in [0, 0.1) is 0 Å². The van der Waals surface area contributed by atoms with Gasteiger partial charge in [0.2, 0.25) is 0 Å². The van der Waals surface area contributed by atoms with Crippen molar-refractivity contribution in [3.63, 3.8) is 0 Å². The fraction of sp³-hybridized carbons (Fsp3) is 0.556. The lowest BCUT2D eigenvalue weighted by Crippen LogP contribution is -2.20. The van der Waals surface area contributed by atoms with Crippen LogP contribution in [0.3, 0.4) is 0 Å². The zero-order valence-electron chi connectivity index (χ0n) is 7.97. The van der Waals surface area contributed by atoms with E-state index < -0.39 is 9.28 Å². The number of hydrogen-bond acceptors (Lipinski definition) is 2. The van der Waals surface area contributed by atoms with E-state index in [0.717, 1.165) is 11.1 Å². The third kappa shape index (κ3) is 1.28. The molecule has 0 fully saturated rings. The van der Waals surface area contributed by atoms with Crippen molar-refractivity contribution in [1.29, 1.82) is 0 Å². The molecule has 2 N–H and O–H groups in total. The van der Waals surface area contributed by atoms with Gasteiger partial charge in [-0.25, -0.2) is 0 Å². The average Bonchev–Trinajstić information content (AvgIpc) is 2.16. The molecule has 0 aromatic heterocycles. The van der Waals surface area contributed by atoms with E-state index in [1.54, 1.807) is 0 Å². The van der Waals surface area contributed by atoms with E-state index in [2.05, 4.69) is 0 Å². The van der Waals surface area contributed by atoms with Crippen molar-refractivity contribution < 1.29 is 9.59 Å². The van der Waals surface area contributed by atoms with Gasteiger partial charge in [-0.15, -0.1) is 0 Å². The standard InChI is InChI=1S/C9H15O2Si/c1-5-6(2)8(4)9(7(5)3)12(10)11/h9-11H,1-4H3.